The summed E-state index contributed by atoms with van der Waals surface area (Å²) in [4.78, 5) is 16.2. The lowest BCUT2D eigenvalue weighted by Gasteiger charge is -2.39. The van der Waals surface area contributed by atoms with Crippen LogP contribution in [0.2, 0.25) is 0 Å². The zero-order valence-corrected chi connectivity index (χ0v) is 70.3. The van der Waals surface area contributed by atoms with E-state index in [4.69, 9.17) is 9.97 Å². The molecule has 4 aliphatic rings. The fourth-order valence-corrected chi connectivity index (χ4v) is 24.4. The molecule has 0 atom stereocenters. The Balaban J connectivity index is 0.000000135. The minimum atomic E-state index is -0.486. The molecule has 27 rings (SSSR count). The number of hydrogen-bond donors (Lipinski definition) is 0. The third kappa shape index (κ3) is 10.9. The molecule has 3 aromatic heterocycles. The summed E-state index contributed by atoms with van der Waals surface area (Å²) in [5.74, 6) is 0. The van der Waals surface area contributed by atoms with Crippen molar-refractivity contribution >= 4 is 110 Å². The van der Waals surface area contributed by atoms with Crippen LogP contribution in [0.25, 0.3) is 182 Å². The van der Waals surface area contributed by atoms with Crippen LogP contribution in [-0.4, -0.2) is 14.5 Å². The van der Waals surface area contributed by atoms with E-state index in [0.717, 1.165) is 93.7 Å². The van der Waals surface area contributed by atoms with Crippen molar-refractivity contribution in [2.24, 2.45) is 0 Å². The molecule has 0 saturated carbocycles. The molecule has 0 saturated heterocycles. The predicted octanol–water partition coefficient (Wildman–Crippen LogP) is 31.7. The molecule has 5 heterocycles. The Morgan fingerprint density at radius 2 is 0.575 bits per heavy atom. The van der Waals surface area contributed by atoms with Gasteiger partial charge in [0.2, 0.25) is 0 Å². The van der Waals surface area contributed by atoms with Gasteiger partial charge in [0, 0.05) is 68.7 Å². The molecular weight excluding hydrogens is 1570 g/mol. The van der Waals surface area contributed by atoms with E-state index >= 15 is 0 Å². The second kappa shape index (κ2) is 28.7. The van der Waals surface area contributed by atoms with Gasteiger partial charge in [0.15, 0.2) is 0 Å². The molecule has 2 aliphatic heterocycles. The monoisotopic (exact) mass is 1640 g/mol. The molecule has 2 spiro atoms. The highest BCUT2D eigenvalue weighted by atomic mass is 32.2. The lowest BCUT2D eigenvalue weighted by Crippen LogP contribution is -2.31. The van der Waals surface area contributed by atoms with Crippen LogP contribution >= 0.6 is 23.5 Å². The van der Waals surface area contributed by atoms with E-state index in [1.807, 2.05) is 35.7 Å². The number of benzene rings is 20. The summed E-state index contributed by atoms with van der Waals surface area (Å²) in [5, 5.41) is 23.8. The van der Waals surface area contributed by atoms with Crippen molar-refractivity contribution in [2.75, 3.05) is 0 Å². The van der Waals surface area contributed by atoms with Gasteiger partial charge in [-0.05, 0) is 253 Å². The van der Waals surface area contributed by atoms with Crippen LogP contribution in [-0.2, 0) is 10.8 Å². The predicted molar refractivity (Wildman–Crippen MR) is 528 cm³/mol. The largest absolute Gasteiger partial charge is 0.309 e. The van der Waals surface area contributed by atoms with E-state index in [2.05, 4.69) is 435 Å². The van der Waals surface area contributed by atoms with Gasteiger partial charge in [0.05, 0.1) is 55.9 Å². The standard InChI is InChI=1S/C64H39NS.C57H33N3S/c1-3-17-40(18-4-1)41-31-33-42(34-32-41)61-46-22-7-9-24-48(46)62(49-25-10-8-23-47(49)61)44-35-36-58-52(37-44)50-39-57-51(38-53(50)63(65-58)43-19-5-2-6-20-43)45-21-11-12-26-54(45)64(57)55-27-13-15-29-59(55)66-60-30-16-14-28-56(60)64;58-34-35-22-29-53-45(30-35)41-15-5-9-19-52(41)60(53)39-26-23-36(24-27-39)38-25-28-51-44(31-38)42-33-50-43(32-46(42)56(59-51)37-12-2-1-3-13-37)40-14-4-6-16-47(40)57(50)48-17-7-10-20-54(48)61-55-21-11-8-18-49(55)57/h1-39H;1-33H. The maximum atomic E-state index is 9.67. The van der Waals surface area contributed by atoms with Gasteiger partial charge in [-0.1, -0.05) is 351 Å². The Kier molecular flexibility index (Phi) is 16.4. The van der Waals surface area contributed by atoms with E-state index in [1.54, 1.807) is 0 Å². The van der Waals surface area contributed by atoms with E-state index in [9.17, 15) is 5.26 Å². The quantitative estimate of drug-likeness (QED) is 0.118. The van der Waals surface area contributed by atoms with Gasteiger partial charge < -0.3 is 4.57 Å². The molecule has 6 heteroatoms. The summed E-state index contributed by atoms with van der Waals surface area (Å²) >= 11 is 3.77. The molecule has 127 heavy (non-hydrogen) atoms. The first-order valence-electron chi connectivity index (χ1n) is 43.4. The average Bonchev–Trinajstić information content (AvgIpc) is 1.53. The summed E-state index contributed by atoms with van der Waals surface area (Å²) in [5.41, 5.74) is 34.5. The van der Waals surface area contributed by atoms with Gasteiger partial charge in [-0.3, -0.25) is 0 Å². The Hall–Kier alpha value is -15.8. The van der Waals surface area contributed by atoms with Gasteiger partial charge in [-0.15, -0.1) is 0 Å². The highest BCUT2D eigenvalue weighted by Gasteiger charge is 2.52. The van der Waals surface area contributed by atoms with Crippen molar-refractivity contribution in [1.82, 2.24) is 14.5 Å². The summed E-state index contributed by atoms with van der Waals surface area (Å²) < 4.78 is 2.30. The van der Waals surface area contributed by atoms with Crippen molar-refractivity contribution in [3.05, 3.63) is 487 Å². The number of rotatable bonds is 7. The summed E-state index contributed by atoms with van der Waals surface area (Å²) in [6, 6.07) is 163. The number of para-hydroxylation sites is 1. The number of nitriles is 1. The Morgan fingerprint density at radius 3 is 1.06 bits per heavy atom. The number of hydrogen-bond acceptors (Lipinski definition) is 5. The van der Waals surface area contributed by atoms with Crippen molar-refractivity contribution < 1.29 is 0 Å². The van der Waals surface area contributed by atoms with Crippen LogP contribution in [0.1, 0.15) is 50.1 Å². The maximum absolute atomic E-state index is 9.67. The topological polar surface area (TPSA) is 54.5 Å². The Bertz CT molecular complexity index is 8500. The molecule has 4 nitrogen and oxygen atoms in total. The van der Waals surface area contributed by atoms with E-state index in [0.29, 0.717) is 5.56 Å². The summed E-state index contributed by atoms with van der Waals surface area (Å²) in [6.45, 7) is 0. The van der Waals surface area contributed by atoms with Gasteiger partial charge in [0.1, 0.15) is 0 Å². The normalized spacial score (nSPS) is 13.3. The minimum absolute atomic E-state index is 0.475. The zero-order chi connectivity index (χ0) is 83.6. The average molecular weight is 1650 g/mol. The second-order valence-electron chi connectivity index (χ2n) is 33.8. The van der Waals surface area contributed by atoms with Crippen LogP contribution in [0.4, 0.5) is 0 Å². The molecule has 0 radical (unpaired) electrons. The molecular formula is C121H72N4S2. The minimum Gasteiger partial charge on any atom is -0.309 e. The number of fused-ring (bicyclic) bond motifs is 29. The summed E-state index contributed by atoms with van der Waals surface area (Å²) in [7, 11) is 0. The number of pyridine rings is 2. The first-order valence-corrected chi connectivity index (χ1v) is 45.1. The van der Waals surface area contributed by atoms with Crippen molar-refractivity contribution in [1.29, 1.82) is 5.26 Å². The van der Waals surface area contributed by atoms with Crippen molar-refractivity contribution in [3.8, 4) is 101 Å². The fraction of sp³-hybridized carbons (Fsp3) is 0.0165. The first kappa shape index (κ1) is 72.8. The van der Waals surface area contributed by atoms with E-state index in [-0.39, 0.29) is 0 Å². The molecule has 0 N–H and O–H groups in total. The number of aromatic nitrogens is 3. The van der Waals surface area contributed by atoms with Gasteiger partial charge >= 0.3 is 0 Å². The SMILES string of the molecule is N#Cc1ccc2c(c1)c1ccccc1n2-c1ccc(-c2ccc3nc(-c4ccccc4)c4cc5c(cc4c3c2)C2(c3ccccc3Sc3ccccc32)c2ccccc2-5)cc1.c1ccc(-c2ccc(-c3c4ccccc4c(-c4ccc5nc(-c6ccccc6)c6cc7c(cc6c5c4)C4(c5ccccc5Sc5ccccc54)c4ccccc4-7)c4ccccc34)cc2)cc1. The Morgan fingerprint density at radius 1 is 0.220 bits per heavy atom. The molecule has 2 aliphatic carbocycles. The molecule has 0 unspecified atom stereocenters. The molecule has 0 amide bonds. The lowest BCUT2D eigenvalue weighted by molar-refractivity contribution is 0.723. The van der Waals surface area contributed by atoms with Crippen molar-refractivity contribution in [2.45, 2.75) is 30.4 Å². The van der Waals surface area contributed by atoms with Crippen LogP contribution in [0.3, 0.4) is 0 Å². The fourth-order valence-electron chi connectivity index (χ4n) is 22.0. The Labute approximate surface area is 742 Å². The third-order valence-corrected chi connectivity index (χ3v) is 29.7. The zero-order valence-electron chi connectivity index (χ0n) is 68.7. The maximum Gasteiger partial charge on any atom is 0.0991 e. The third-order valence-electron chi connectivity index (χ3n) is 27.4. The van der Waals surface area contributed by atoms with E-state index in [1.165, 1.54) is 152 Å². The van der Waals surface area contributed by atoms with Gasteiger partial charge in [0.25, 0.3) is 0 Å². The molecule has 0 bridgehead atoms. The molecule has 23 aromatic rings. The van der Waals surface area contributed by atoms with Crippen LogP contribution in [0.5, 0.6) is 0 Å². The molecule has 0 fully saturated rings. The van der Waals surface area contributed by atoms with Crippen LogP contribution in [0.15, 0.2) is 456 Å². The van der Waals surface area contributed by atoms with Crippen molar-refractivity contribution in [3.63, 3.8) is 0 Å². The molecule has 20 aromatic carbocycles. The lowest BCUT2D eigenvalue weighted by atomic mass is 9.67. The highest BCUT2D eigenvalue weighted by molar-refractivity contribution is 7.99. The highest BCUT2D eigenvalue weighted by Crippen LogP contribution is 2.66. The van der Waals surface area contributed by atoms with Gasteiger partial charge in [-0.25, -0.2) is 9.97 Å². The molecule has 588 valence electrons. The second-order valence-corrected chi connectivity index (χ2v) is 36.0. The van der Waals surface area contributed by atoms with E-state index < -0.39 is 10.8 Å². The smallest absolute Gasteiger partial charge is 0.0991 e. The van der Waals surface area contributed by atoms with Crippen LogP contribution in [0, 0.1) is 11.3 Å². The van der Waals surface area contributed by atoms with Crippen LogP contribution < -0.4 is 0 Å². The number of nitrogens with zero attached hydrogens (tertiary/aromatic N) is 4. The first-order chi connectivity index (χ1) is 62.9. The summed E-state index contributed by atoms with van der Waals surface area (Å²) in [6.07, 6.45) is 0. The van der Waals surface area contributed by atoms with Gasteiger partial charge in [-0.2, -0.15) is 5.26 Å².